The van der Waals surface area contributed by atoms with E-state index in [-0.39, 0.29) is 25.9 Å². The predicted octanol–water partition coefficient (Wildman–Crippen LogP) is 2.54. The molecule has 0 spiro atoms. The summed E-state index contributed by atoms with van der Waals surface area (Å²) in [5.41, 5.74) is 3.44. The number of benzene rings is 2. The molecule has 170 valence electrons. The fourth-order valence-corrected chi connectivity index (χ4v) is 4.26. The van der Waals surface area contributed by atoms with Crippen LogP contribution in [0.2, 0.25) is 0 Å². The molecule has 2 amide bonds. The minimum Gasteiger partial charge on any atom is -0.468 e. The van der Waals surface area contributed by atoms with Gasteiger partial charge in [0.05, 0.1) is 12.3 Å². The fourth-order valence-electron chi connectivity index (χ4n) is 4.26. The van der Waals surface area contributed by atoms with Gasteiger partial charge in [0.1, 0.15) is 5.76 Å². The van der Waals surface area contributed by atoms with E-state index in [0.717, 1.165) is 30.8 Å². The molecule has 8 nitrogen and oxygen atoms in total. The van der Waals surface area contributed by atoms with Crippen LogP contribution in [0.5, 0.6) is 11.5 Å². The summed E-state index contributed by atoms with van der Waals surface area (Å²) < 4.78 is 16.3. The van der Waals surface area contributed by atoms with Gasteiger partial charge in [-0.1, -0.05) is 30.3 Å². The van der Waals surface area contributed by atoms with E-state index >= 15 is 0 Å². The highest BCUT2D eigenvalue weighted by Crippen LogP contribution is 2.32. The average Bonchev–Trinajstić information content (AvgIpc) is 3.54. The zero-order chi connectivity index (χ0) is 22.6. The lowest BCUT2D eigenvalue weighted by molar-refractivity contribution is -0.139. The number of fused-ring (bicyclic) bond motifs is 2. The maximum Gasteiger partial charge on any atom is 0.309 e. The van der Waals surface area contributed by atoms with Crippen molar-refractivity contribution in [2.24, 2.45) is 0 Å². The zero-order valence-electron chi connectivity index (χ0n) is 18.1. The lowest BCUT2D eigenvalue weighted by Crippen LogP contribution is -2.45. The number of rotatable bonds is 6. The van der Waals surface area contributed by atoms with Crippen molar-refractivity contribution in [1.29, 1.82) is 0 Å². The molecule has 2 aliphatic heterocycles. The molecular formula is C25H25N3O5. The van der Waals surface area contributed by atoms with E-state index in [0.29, 0.717) is 11.5 Å². The summed E-state index contributed by atoms with van der Waals surface area (Å²) in [7, 11) is 0. The van der Waals surface area contributed by atoms with E-state index in [1.54, 1.807) is 18.4 Å². The Kier molecular flexibility index (Phi) is 5.99. The Morgan fingerprint density at radius 2 is 1.76 bits per heavy atom. The first-order chi connectivity index (χ1) is 16.2. The van der Waals surface area contributed by atoms with E-state index < -0.39 is 11.8 Å². The molecule has 0 radical (unpaired) electrons. The van der Waals surface area contributed by atoms with Gasteiger partial charge >= 0.3 is 11.8 Å². The highest BCUT2D eigenvalue weighted by atomic mass is 16.7. The average molecular weight is 447 g/mol. The second-order valence-electron chi connectivity index (χ2n) is 8.10. The van der Waals surface area contributed by atoms with Gasteiger partial charge in [-0.05, 0) is 47.4 Å². The fraction of sp³-hybridized carbons (Fsp3) is 0.280. The van der Waals surface area contributed by atoms with E-state index in [1.807, 2.05) is 24.3 Å². The number of hydrogen-bond donors (Lipinski definition) is 2. The van der Waals surface area contributed by atoms with E-state index in [1.165, 1.54) is 11.1 Å². The highest BCUT2D eigenvalue weighted by molar-refractivity contribution is 6.35. The number of nitrogens with zero attached hydrogens (tertiary/aromatic N) is 1. The van der Waals surface area contributed by atoms with Crippen molar-refractivity contribution >= 4 is 11.8 Å². The van der Waals surface area contributed by atoms with Gasteiger partial charge in [0.25, 0.3) is 0 Å². The number of amides is 2. The summed E-state index contributed by atoms with van der Waals surface area (Å²) in [5.74, 6) is 0.706. The third-order valence-corrected chi connectivity index (χ3v) is 6.02. The molecule has 0 fully saturated rings. The first kappa shape index (κ1) is 21.1. The van der Waals surface area contributed by atoms with Gasteiger partial charge in [-0.3, -0.25) is 14.5 Å². The molecule has 2 aliphatic rings. The molecular weight excluding hydrogens is 422 g/mol. The van der Waals surface area contributed by atoms with Crippen molar-refractivity contribution in [3.8, 4) is 11.5 Å². The third-order valence-electron chi connectivity index (χ3n) is 6.02. The van der Waals surface area contributed by atoms with Crippen LogP contribution in [0.25, 0.3) is 0 Å². The lowest BCUT2D eigenvalue weighted by Gasteiger charge is -2.34. The van der Waals surface area contributed by atoms with Crippen LogP contribution in [-0.2, 0) is 29.1 Å². The maximum atomic E-state index is 12.5. The molecule has 8 heteroatoms. The van der Waals surface area contributed by atoms with Crippen molar-refractivity contribution < 1.29 is 23.5 Å². The number of hydrogen-bond acceptors (Lipinski definition) is 6. The van der Waals surface area contributed by atoms with Gasteiger partial charge in [-0.25, -0.2) is 0 Å². The van der Waals surface area contributed by atoms with Gasteiger partial charge in [0.15, 0.2) is 11.5 Å². The first-order valence-electron chi connectivity index (χ1n) is 11.0. The Hall–Kier alpha value is -3.78. The largest absolute Gasteiger partial charge is 0.468 e. The van der Waals surface area contributed by atoms with Gasteiger partial charge < -0.3 is 24.5 Å². The molecule has 2 N–H and O–H groups in total. The zero-order valence-corrected chi connectivity index (χ0v) is 18.1. The maximum absolute atomic E-state index is 12.5. The third kappa shape index (κ3) is 4.70. The number of carbonyl (C=O) groups excluding carboxylic acids is 2. The monoisotopic (exact) mass is 447 g/mol. The molecule has 5 rings (SSSR count). The van der Waals surface area contributed by atoms with Crippen molar-refractivity contribution in [3.63, 3.8) is 0 Å². The molecule has 0 aliphatic carbocycles. The number of furan rings is 1. The Labute approximate surface area is 191 Å². The number of nitrogens with one attached hydrogen (secondary N) is 2. The van der Waals surface area contributed by atoms with E-state index in [2.05, 4.69) is 33.7 Å². The molecule has 0 saturated carbocycles. The van der Waals surface area contributed by atoms with Crippen LogP contribution in [0, 0.1) is 0 Å². The molecule has 0 saturated heterocycles. The van der Waals surface area contributed by atoms with Crippen LogP contribution >= 0.6 is 0 Å². The summed E-state index contributed by atoms with van der Waals surface area (Å²) in [5, 5.41) is 5.43. The quantitative estimate of drug-likeness (QED) is 0.564. The van der Waals surface area contributed by atoms with Crippen molar-refractivity contribution in [2.45, 2.75) is 25.6 Å². The molecule has 3 heterocycles. The van der Waals surface area contributed by atoms with Crippen LogP contribution in [0.4, 0.5) is 0 Å². The topological polar surface area (TPSA) is 93.0 Å². The Morgan fingerprint density at radius 1 is 0.939 bits per heavy atom. The van der Waals surface area contributed by atoms with Gasteiger partial charge in [-0.15, -0.1) is 0 Å². The summed E-state index contributed by atoms with van der Waals surface area (Å²) >= 11 is 0. The minimum atomic E-state index is -0.685. The molecule has 1 aromatic heterocycles. The number of ether oxygens (including phenoxy) is 2. The summed E-state index contributed by atoms with van der Waals surface area (Å²) in [6.45, 7) is 2.27. The second kappa shape index (κ2) is 9.38. The first-order valence-corrected chi connectivity index (χ1v) is 11.0. The van der Waals surface area contributed by atoms with E-state index in [9.17, 15) is 9.59 Å². The van der Waals surface area contributed by atoms with Gasteiger partial charge in [0.2, 0.25) is 6.79 Å². The second-order valence-corrected chi connectivity index (χ2v) is 8.10. The lowest BCUT2D eigenvalue weighted by atomic mass is 9.98. The van der Waals surface area contributed by atoms with Gasteiger partial charge in [0, 0.05) is 26.2 Å². The Balaban J connectivity index is 1.18. The predicted molar refractivity (Wildman–Crippen MR) is 119 cm³/mol. The van der Waals surface area contributed by atoms with Crippen molar-refractivity contribution in [3.05, 3.63) is 83.3 Å². The van der Waals surface area contributed by atoms with E-state index in [4.69, 9.17) is 13.9 Å². The standard InChI is InChI=1S/C25H25N3O5/c29-24(26-13-17-7-8-22-23(12-17)33-16-32-22)25(30)27-14-20(21-6-3-11-31-21)28-10-9-18-4-1-2-5-19(18)15-28/h1-8,11-12,20H,9-10,13-16H2,(H,26,29)(H,27,30). The van der Waals surface area contributed by atoms with Crippen LogP contribution in [-0.4, -0.2) is 36.6 Å². The van der Waals surface area contributed by atoms with Crippen LogP contribution in [0.1, 0.15) is 28.5 Å². The summed E-state index contributed by atoms with van der Waals surface area (Å²) in [6.07, 6.45) is 2.55. The highest BCUT2D eigenvalue weighted by Gasteiger charge is 2.28. The molecule has 1 atom stereocenters. The Bertz CT molecular complexity index is 1140. The Morgan fingerprint density at radius 3 is 2.61 bits per heavy atom. The molecule has 33 heavy (non-hydrogen) atoms. The van der Waals surface area contributed by atoms with Crippen LogP contribution in [0.15, 0.2) is 65.3 Å². The summed E-state index contributed by atoms with van der Waals surface area (Å²) in [4.78, 5) is 27.1. The van der Waals surface area contributed by atoms with Gasteiger partial charge in [-0.2, -0.15) is 0 Å². The molecule has 3 aromatic rings. The SMILES string of the molecule is O=C(NCc1ccc2c(c1)OCO2)C(=O)NCC(c1ccco1)N1CCc2ccccc2C1. The molecule has 1 unspecified atom stereocenters. The van der Waals surface area contributed by atoms with Crippen LogP contribution in [0.3, 0.4) is 0 Å². The normalized spacial score (nSPS) is 15.5. The molecule has 0 bridgehead atoms. The van der Waals surface area contributed by atoms with Crippen LogP contribution < -0.4 is 20.1 Å². The van der Waals surface area contributed by atoms with Crippen molar-refractivity contribution in [2.75, 3.05) is 19.9 Å². The summed E-state index contributed by atoms with van der Waals surface area (Å²) in [6, 6.07) is 17.3. The van der Waals surface area contributed by atoms with Crippen molar-refractivity contribution in [1.82, 2.24) is 15.5 Å². The smallest absolute Gasteiger partial charge is 0.309 e. The molecule has 2 aromatic carbocycles. The number of carbonyl (C=O) groups is 2. The minimum absolute atomic E-state index is 0.168.